The molecule has 3 aromatic rings. The van der Waals surface area contributed by atoms with Gasteiger partial charge in [-0.15, -0.1) is 0 Å². The summed E-state index contributed by atoms with van der Waals surface area (Å²) in [6.07, 6.45) is 0. The number of nitrogens with zero attached hydrogens (tertiary/aromatic N) is 2. The number of hydrogen-bond donors (Lipinski definition) is 3. The molecule has 0 amide bonds. The number of fused-ring (bicyclic) bond motifs is 2. The largest absolute Gasteiger partial charge is 0.493 e. The summed E-state index contributed by atoms with van der Waals surface area (Å²) in [6.45, 7) is 1.73. The van der Waals surface area contributed by atoms with Crippen molar-refractivity contribution < 1.29 is 23.7 Å². The summed E-state index contributed by atoms with van der Waals surface area (Å²) < 4.78 is 27.5. The molecule has 0 radical (unpaired) electrons. The minimum absolute atomic E-state index is 0.236. The van der Waals surface area contributed by atoms with E-state index in [1.54, 1.807) is 21.3 Å². The minimum atomic E-state index is 0.236. The molecule has 0 aliphatic carbocycles. The standard InChI is InChI=1S/C21H25N5O5/c1-27-16-9-13-17(19(29-3)18(16)28-2)25-21(23-7-6-22)26-20(13)24-10-12-4-5-14-15(8-12)31-11-30-14/h4-5,8-9H,6-7,10-11,22H2,1-3H3,(H2,23,24,25,26). The lowest BCUT2D eigenvalue weighted by Crippen LogP contribution is -2.16. The van der Waals surface area contributed by atoms with E-state index < -0.39 is 0 Å². The van der Waals surface area contributed by atoms with Crippen LogP contribution >= 0.6 is 0 Å². The zero-order valence-corrected chi connectivity index (χ0v) is 17.7. The molecule has 4 rings (SSSR count). The number of ether oxygens (including phenoxy) is 5. The Balaban J connectivity index is 1.76. The Morgan fingerprint density at radius 2 is 1.77 bits per heavy atom. The third kappa shape index (κ3) is 4.02. The number of nitrogens with two attached hydrogens (primary N) is 1. The van der Waals surface area contributed by atoms with Crippen molar-refractivity contribution in [3.8, 4) is 28.7 Å². The van der Waals surface area contributed by atoms with Gasteiger partial charge in [-0.1, -0.05) is 6.07 Å². The zero-order valence-electron chi connectivity index (χ0n) is 17.7. The van der Waals surface area contributed by atoms with E-state index in [-0.39, 0.29) is 6.79 Å². The third-order valence-corrected chi connectivity index (χ3v) is 4.82. The number of methoxy groups -OCH3 is 3. The van der Waals surface area contributed by atoms with Crippen molar-refractivity contribution in [3.63, 3.8) is 0 Å². The van der Waals surface area contributed by atoms with Gasteiger partial charge in [-0.25, -0.2) is 4.98 Å². The number of anilines is 2. The van der Waals surface area contributed by atoms with E-state index in [9.17, 15) is 0 Å². The highest BCUT2D eigenvalue weighted by atomic mass is 16.7. The molecule has 164 valence electrons. The molecule has 31 heavy (non-hydrogen) atoms. The maximum absolute atomic E-state index is 5.63. The van der Waals surface area contributed by atoms with Crippen molar-refractivity contribution in [2.75, 3.05) is 51.8 Å². The fourth-order valence-electron chi connectivity index (χ4n) is 3.36. The van der Waals surface area contributed by atoms with Crippen LogP contribution in [-0.4, -0.2) is 51.2 Å². The molecule has 0 saturated heterocycles. The van der Waals surface area contributed by atoms with Crippen LogP contribution < -0.4 is 40.1 Å². The van der Waals surface area contributed by atoms with Crippen molar-refractivity contribution in [1.82, 2.24) is 9.97 Å². The molecule has 0 bridgehead atoms. The molecule has 0 unspecified atom stereocenters. The number of nitrogens with one attached hydrogen (secondary N) is 2. The first-order valence-corrected chi connectivity index (χ1v) is 9.75. The molecule has 0 fully saturated rings. The zero-order chi connectivity index (χ0) is 21.8. The van der Waals surface area contributed by atoms with Crippen LogP contribution in [0.1, 0.15) is 5.56 Å². The minimum Gasteiger partial charge on any atom is -0.493 e. The van der Waals surface area contributed by atoms with Crippen LogP contribution in [0.25, 0.3) is 10.9 Å². The Hall–Kier alpha value is -3.66. The molecular weight excluding hydrogens is 402 g/mol. The van der Waals surface area contributed by atoms with Gasteiger partial charge in [0.2, 0.25) is 18.5 Å². The van der Waals surface area contributed by atoms with Gasteiger partial charge in [0.15, 0.2) is 23.0 Å². The summed E-state index contributed by atoms with van der Waals surface area (Å²) in [4.78, 5) is 9.25. The lowest BCUT2D eigenvalue weighted by atomic mass is 10.1. The predicted molar refractivity (Wildman–Crippen MR) is 117 cm³/mol. The molecule has 0 atom stereocenters. The van der Waals surface area contributed by atoms with Gasteiger partial charge < -0.3 is 40.1 Å². The average molecular weight is 427 g/mol. The van der Waals surface area contributed by atoms with Gasteiger partial charge in [0, 0.05) is 19.6 Å². The van der Waals surface area contributed by atoms with Gasteiger partial charge in [0.05, 0.1) is 26.7 Å². The van der Waals surface area contributed by atoms with Crippen LogP contribution in [-0.2, 0) is 6.54 Å². The topological polar surface area (TPSA) is 122 Å². The van der Waals surface area contributed by atoms with Gasteiger partial charge in [0.1, 0.15) is 11.3 Å². The van der Waals surface area contributed by atoms with Crippen LogP contribution in [0.3, 0.4) is 0 Å². The summed E-state index contributed by atoms with van der Waals surface area (Å²) in [6, 6.07) is 7.63. The highest BCUT2D eigenvalue weighted by Crippen LogP contribution is 2.44. The number of hydrogen-bond acceptors (Lipinski definition) is 10. The SMILES string of the molecule is COc1cc2c(NCc3ccc4c(c3)OCO4)nc(NCCN)nc2c(OC)c1OC. The molecule has 10 nitrogen and oxygen atoms in total. The Morgan fingerprint density at radius 1 is 0.968 bits per heavy atom. The second kappa shape index (κ2) is 9.00. The van der Waals surface area contributed by atoms with Gasteiger partial charge in [-0.2, -0.15) is 4.98 Å². The summed E-state index contributed by atoms with van der Waals surface area (Å²) in [7, 11) is 4.69. The fraction of sp³-hybridized carbons (Fsp3) is 0.333. The molecular formula is C21H25N5O5. The molecule has 10 heteroatoms. The quantitative estimate of drug-likeness (QED) is 0.469. The second-order valence-corrected chi connectivity index (χ2v) is 6.69. The summed E-state index contributed by atoms with van der Waals surface area (Å²) >= 11 is 0. The summed E-state index contributed by atoms with van der Waals surface area (Å²) in [5, 5.41) is 7.24. The van der Waals surface area contributed by atoms with Crippen molar-refractivity contribution in [3.05, 3.63) is 29.8 Å². The first-order valence-electron chi connectivity index (χ1n) is 9.75. The Labute approximate surface area is 179 Å². The highest BCUT2D eigenvalue weighted by molar-refractivity contribution is 5.97. The number of benzene rings is 2. The first-order chi connectivity index (χ1) is 15.2. The summed E-state index contributed by atoms with van der Waals surface area (Å²) in [5.41, 5.74) is 7.23. The fourth-order valence-corrected chi connectivity index (χ4v) is 3.36. The van der Waals surface area contributed by atoms with Crippen molar-refractivity contribution in [1.29, 1.82) is 0 Å². The molecule has 0 saturated carbocycles. The average Bonchev–Trinajstić information content (AvgIpc) is 3.27. The third-order valence-electron chi connectivity index (χ3n) is 4.82. The van der Waals surface area contributed by atoms with E-state index in [4.69, 9.17) is 29.4 Å². The first kappa shape index (κ1) is 20.6. The van der Waals surface area contributed by atoms with Gasteiger partial charge in [0.25, 0.3) is 0 Å². The van der Waals surface area contributed by atoms with E-state index in [0.29, 0.717) is 54.2 Å². The highest BCUT2D eigenvalue weighted by Gasteiger charge is 2.21. The molecule has 1 aliphatic rings. The van der Waals surface area contributed by atoms with Gasteiger partial charge >= 0.3 is 0 Å². The lowest BCUT2D eigenvalue weighted by Gasteiger charge is -2.17. The Morgan fingerprint density at radius 3 is 2.52 bits per heavy atom. The van der Waals surface area contributed by atoms with Crippen molar-refractivity contribution in [2.45, 2.75) is 6.54 Å². The van der Waals surface area contributed by atoms with Gasteiger partial charge in [-0.05, 0) is 23.8 Å². The van der Waals surface area contributed by atoms with Gasteiger partial charge in [-0.3, -0.25) is 0 Å². The second-order valence-electron chi connectivity index (χ2n) is 6.69. The molecule has 1 aromatic heterocycles. The Bertz CT molecular complexity index is 1090. The molecule has 2 aromatic carbocycles. The number of rotatable bonds is 9. The van der Waals surface area contributed by atoms with E-state index in [1.807, 2.05) is 24.3 Å². The van der Waals surface area contributed by atoms with E-state index in [0.717, 1.165) is 22.4 Å². The normalized spacial score (nSPS) is 12.0. The Kier molecular flexibility index (Phi) is 5.99. The van der Waals surface area contributed by atoms with E-state index in [2.05, 4.69) is 20.6 Å². The van der Waals surface area contributed by atoms with Crippen LogP contribution in [0.5, 0.6) is 28.7 Å². The van der Waals surface area contributed by atoms with Crippen LogP contribution in [0.15, 0.2) is 24.3 Å². The lowest BCUT2D eigenvalue weighted by molar-refractivity contribution is 0.174. The van der Waals surface area contributed by atoms with E-state index >= 15 is 0 Å². The summed E-state index contributed by atoms with van der Waals surface area (Å²) in [5.74, 6) is 3.95. The van der Waals surface area contributed by atoms with Crippen LogP contribution in [0, 0.1) is 0 Å². The van der Waals surface area contributed by atoms with Crippen LogP contribution in [0.4, 0.5) is 11.8 Å². The monoisotopic (exact) mass is 427 g/mol. The molecule has 4 N–H and O–H groups in total. The smallest absolute Gasteiger partial charge is 0.231 e. The molecule has 2 heterocycles. The van der Waals surface area contributed by atoms with Crippen LogP contribution in [0.2, 0.25) is 0 Å². The van der Waals surface area contributed by atoms with Crippen molar-refractivity contribution in [2.24, 2.45) is 5.73 Å². The predicted octanol–water partition coefficient (Wildman–Crippen LogP) is 2.37. The van der Waals surface area contributed by atoms with Crippen molar-refractivity contribution >= 4 is 22.7 Å². The van der Waals surface area contributed by atoms with E-state index in [1.165, 1.54) is 0 Å². The maximum Gasteiger partial charge on any atom is 0.231 e. The maximum atomic E-state index is 5.63. The number of aromatic nitrogens is 2. The molecule has 1 aliphatic heterocycles. The molecule has 0 spiro atoms.